The van der Waals surface area contributed by atoms with Gasteiger partial charge in [0.1, 0.15) is 0 Å². The fourth-order valence-electron chi connectivity index (χ4n) is 2.55. The SMILES string of the molecule is CC1CN(c2nc(Cl)nc(N3CCOCC3)n2)CCCO1. The molecule has 3 heterocycles. The molecule has 1 atom stereocenters. The van der Waals surface area contributed by atoms with Crippen molar-refractivity contribution in [1.29, 1.82) is 0 Å². The summed E-state index contributed by atoms with van der Waals surface area (Å²) in [4.78, 5) is 17.3. The second-order valence-electron chi connectivity index (χ2n) is 5.28. The van der Waals surface area contributed by atoms with Gasteiger partial charge in [-0.3, -0.25) is 0 Å². The van der Waals surface area contributed by atoms with E-state index in [2.05, 4.69) is 31.7 Å². The molecule has 0 aliphatic carbocycles. The van der Waals surface area contributed by atoms with Gasteiger partial charge in [0, 0.05) is 32.8 Å². The molecular weight excluding hydrogens is 294 g/mol. The zero-order chi connectivity index (χ0) is 14.7. The van der Waals surface area contributed by atoms with Gasteiger partial charge in [-0.25, -0.2) is 0 Å². The molecule has 21 heavy (non-hydrogen) atoms. The lowest BCUT2D eigenvalue weighted by Crippen LogP contribution is -2.38. The predicted molar refractivity (Wildman–Crippen MR) is 80.1 cm³/mol. The van der Waals surface area contributed by atoms with E-state index in [4.69, 9.17) is 21.1 Å². The van der Waals surface area contributed by atoms with Crippen molar-refractivity contribution in [2.24, 2.45) is 0 Å². The lowest BCUT2D eigenvalue weighted by Gasteiger charge is -2.28. The Kier molecular flexibility index (Phi) is 4.72. The maximum absolute atomic E-state index is 6.09. The van der Waals surface area contributed by atoms with Gasteiger partial charge in [0.05, 0.1) is 19.3 Å². The van der Waals surface area contributed by atoms with Crippen LogP contribution in [0.15, 0.2) is 0 Å². The summed E-state index contributed by atoms with van der Waals surface area (Å²) < 4.78 is 11.0. The third kappa shape index (κ3) is 3.72. The number of morpholine rings is 1. The van der Waals surface area contributed by atoms with Crippen LogP contribution in [-0.2, 0) is 9.47 Å². The van der Waals surface area contributed by atoms with Crippen molar-refractivity contribution in [2.75, 3.05) is 55.8 Å². The molecule has 0 bridgehead atoms. The van der Waals surface area contributed by atoms with Gasteiger partial charge in [0.15, 0.2) is 0 Å². The van der Waals surface area contributed by atoms with Crippen molar-refractivity contribution < 1.29 is 9.47 Å². The largest absolute Gasteiger partial charge is 0.378 e. The summed E-state index contributed by atoms with van der Waals surface area (Å²) in [5.74, 6) is 1.26. The van der Waals surface area contributed by atoms with Gasteiger partial charge in [-0.2, -0.15) is 15.0 Å². The van der Waals surface area contributed by atoms with Crippen molar-refractivity contribution in [1.82, 2.24) is 15.0 Å². The first-order valence-electron chi connectivity index (χ1n) is 7.33. The first kappa shape index (κ1) is 14.7. The van der Waals surface area contributed by atoms with Crippen LogP contribution in [-0.4, -0.2) is 67.1 Å². The van der Waals surface area contributed by atoms with E-state index >= 15 is 0 Å². The van der Waals surface area contributed by atoms with E-state index in [0.29, 0.717) is 25.1 Å². The molecule has 2 fully saturated rings. The number of rotatable bonds is 2. The van der Waals surface area contributed by atoms with Crippen LogP contribution in [0.3, 0.4) is 0 Å². The number of hydrogen-bond donors (Lipinski definition) is 0. The highest BCUT2D eigenvalue weighted by molar-refractivity contribution is 6.28. The van der Waals surface area contributed by atoms with E-state index in [1.165, 1.54) is 0 Å². The molecule has 1 aromatic heterocycles. The number of halogens is 1. The number of aromatic nitrogens is 3. The third-order valence-corrected chi connectivity index (χ3v) is 3.78. The van der Waals surface area contributed by atoms with Crippen LogP contribution in [0.1, 0.15) is 13.3 Å². The normalized spacial score (nSPS) is 24.0. The van der Waals surface area contributed by atoms with Crippen LogP contribution in [0.25, 0.3) is 0 Å². The molecule has 0 N–H and O–H groups in total. The Bertz CT molecular complexity index is 484. The number of anilines is 2. The van der Waals surface area contributed by atoms with E-state index in [9.17, 15) is 0 Å². The van der Waals surface area contributed by atoms with E-state index in [1.807, 2.05) is 0 Å². The molecule has 1 unspecified atom stereocenters. The second kappa shape index (κ2) is 6.72. The molecule has 8 heteroatoms. The third-order valence-electron chi connectivity index (χ3n) is 3.61. The Hall–Kier alpha value is -1.18. The van der Waals surface area contributed by atoms with Crippen LogP contribution < -0.4 is 9.80 Å². The lowest BCUT2D eigenvalue weighted by atomic mass is 10.3. The van der Waals surface area contributed by atoms with Gasteiger partial charge in [0.2, 0.25) is 17.2 Å². The molecule has 0 aromatic carbocycles. The lowest BCUT2D eigenvalue weighted by molar-refractivity contribution is 0.0820. The number of hydrogen-bond acceptors (Lipinski definition) is 7. The van der Waals surface area contributed by atoms with E-state index in [0.717, 1.165) is 39.2 Å². The fraction of sp³-hybridized carbons (Fsp3) is 0.769. The molecule has 0 saturated carbocycles. The smallest absolute Gasteiger partial charge is 0.231 e. The Balaban J connectivity index is 1.82. The molecule has 7 nitrogen and oxygen atoms in total. The summed E-state index contributed by atoms with van der Waals surface area (Å²) >= 11 is 6.09. The molecule has 1 aromatic rings. The van der Waals surface area contributed by atoms with E-state index in [1.54, 1.807) is 0 Å². The van der Waals surface area contributed by atoms with E-state index in [-0.39, 0.29) is 11.4 Å². The van der Waals surface area contributed by atoms with Crippen LogP contribution >= 0.6 is 11.6 Å². The monoisotopic (exact) mass is 313 g/mol. The van der Waals surface area contributed by atoms with Crippen LogP contribution in [0, 0.1) is 0 Å². The first-order chi connectivity index (χ1) is 10.2. The quantitative estimate of drug-likeness (QED) is 0.806. The van der Waals surface area contributed by atoms with Crippen molar-refractivity contribution in [3.8, 4) is 0 Å². The molecule has 2 saturated heterocycles. The Morgan fingerprint density at radius 3 is 2.48 bits per heavy atom. The summed E-state index contributed by atoms with van der Waals surface area (Å²) in [7, 11) is 0. The van der Waals surface area contributed by atoms with Crippen molar-refractivity contribution in [3.05, 3.63) is 5.28 Å². The molecule has 2 aliphatic heterocycles. The second-order valence-corrected chi connectivity index (χ2v) is 5.62. The van der Waals surface area contributed by atoms with Crippen molar-refractivity contribution in [2.45, 2.75) is 19.4 Å². The zero-order valence-corrected chi connectivity index (χ0v) is 12.9. The minimum Gasteiger partial charge on any atom is -0.378 e. The molecule has 3 rings (SSSR count). The summed E-state index contributed by atoms with van der Waals surface area (Å²) in [5.41, 5.74) is 0. The molecule has 2 aliphatic rings. The van der Waals surface area contributed by atoms with Gasteiger partial charge < -0.3 is 19.3 Å². The highest BCUT2D eigenvalue weighted by Crippen LogP contribution is 2.19. The number of ether oxygens (including phenoxy) is 2. The van der Waals surface area contributed by atoms with Gasteiger partial charge in [0.25, 0.3) is 0 Å². The van der Waals surface area contributed by atoms with Crippen LogP contribution in [0.5, 0.6) is 0 Å². The summed E-state index contributed by atoms with van der Waals surface area (Å²) in [6.07, 6.45) is 1.12. The maximum Gasteiger partial charge on any atom is 0.231 e. The summed E-state index contributed by atoms with van der Waals surface area (Å²) in [6, 6.07) is 0. The van der Waals surface area contributed by atoms with Crippen molar-refractivity contribution >= 4 is 23.5 Å². The van der Waals surface area contributed by atoms with Gasteiger partial charge in [-0.15, -0.1) is 0 Å². The fourth-order valence-corrected chi connectivity index (χ4v) is 2.70. The van der Waals surface area contributed by atoms with Gasteiger partial charge in [-0.1, -0.05) is 0 Å². The topological polar surface area (TPSA) is 63.6 Å². The Labute approximate surface area is 129 Å². The van der Waals surface area contributed by atoms with Crippen LogP contribution in [0.4, 0.5) is 11.9 Å². The summed E-state index contributed by atoms with van der Waals surface area (Å²) in [6.45, 7) is 7.39. The highest BCUT2D eigenvalue weighted by atomic mass is 35.5. The minimum atomic E-state index is 0.162. The molecule has 0 amide bonds. The zero-order valence-electron chi connectivity index (χ0n) is 12.2. The van der Waals surface area contributed by atoms with Crippen molar-refractivity contribution in [3.63, 3.8) is 0 Å². The molecular formula is C13H20ClN5O2. The molecule has 116 valence electrons. The number of nitrogens with zero attached hydrogens (tertiary/aromatic N) is 5. The molecule has 0 radical (unpaired) electrons. The standard InChI is InChI=1S/C13H20ClN5O2/c1-10-9-19(3-2-6-21-10)13-16-11(14)15-12(17-13)18-4-7-20-8-5-18/h10H,2-9H2,1H3. The average Bonchev–Trinajstić information content (AvgIpc) is 2.72. The highest BCUT2D eigenvalue weighted by Gasteiger charge is 2.21. The molecule has 0 spiro atoms. The maximum atomic E-state index is 6.09. The minimum absolute atomic E-state index is 0.162. The summed E-state index contributed by atoms with van der Waals surface area (Å²) in [5, 5.41) is 0.235. The van der Waals surface area contributed by atoms with Gasteiger partial charge >= 0.3 is 0 Å². The first-order valence-corrected chi connectivity index (χ1v) is 7.71. The Morgan fingerprint density at radius 2 is 1.71 bits per heavy atom. The van der Waals surface area contributed by atoms with E-state index < -0.39 is 0 Å². The van der Waals surface area contributed by atoms with Crippen LogP contribution in [0.2, 0.25) is 5.28 Å². The Morgan fingerprint density at radius 1 is 1.00 bits per heavy atom. The van der Waals surface area contributed by atoms with Gasteiger partial charge in [-0.05, 0) is 24.9 Å². The predicted octanol–water partition coefficient (Wildman–Crippen LogP) is 0.977. The average molecular weight is 314 g/mol.